The van der Waals surface area contributed by atoms with Gasteiger partial charge < -0.3 is 9.84 Å². The second kappa shape index (κ2) is 9.87. The third kappa shape index (κ3) is 4.37. The van der Waals surface area contributed by atoms with Gasteiger partial charge in [-0.05, 0) is 16.7 Å². The first kappa shape index (κ1) is 25.4. The summed E-state index contributed by atoms with van der Waals surface area (Å²) in [5.74, 6) is -3.40. The quantitative estimate of drug-likeness (QED) is 0.136. The first-order valence-electron chi connectivity index (χ1n) is 11.7. The Morgan fingerprint density at radius 1 is 0.921 bits per heavy atom. The Kier molecular flexibility index (Phi) is 6.59. The summed E-state index contributed by atoms with van der Waals surface area (Å²) in [5, 5.41) is 13.6. The first-order valence-corrected chi connectivity index (χ1v) is 12.1. The van der Waals surface area contributed by atoms with Crippen molar-refractivity contribution in [3.8, 4) is 0 Å². The fourth-order valence-electron chi connectivity index (χ4n) is 4.88. The third-order valence-corrected chi connectivity index (χ3v) is 6.54. The monoisotopic (exact) mass is 533 g/mol. The number of aromatic nitrogens is 3. The van der Waals surface area contributed by atoms with Gasteiger partial charge in [-0.15, -0.1) is 0 Å². The number of ether oxygens (including phenoxy) is 1. The topological polar surface area (TPSA) is 77.2 Å². The molecule has 0 spiro atoms. The molecule has 0 fully saturated rings. The Balaban J connectivity index is 1.99. The lowest BCUT2D eigenvalue weighted by molar-refractivity contribution is 0.0132. The number of carbonyl (C=O) groups is 1. The SMILES string of the molecule is CC(F)(F)c1nn(C(c2ccccc2)(c2ccccc2)c2ccccc2)c2cc(Cl)nc(COC(=O)O)c12. The van der Waals surface area contributed by atoms with E-state index in [1.54, 1.807) is 0 Å². The number of hydrogen-bond donors (Lipinski definition) is 1. The van der Waals surface area contributed by atoms with Gasteiger partial charge in [-0.2, -0.15) is 13.9 Å². The fraction of sp³-hybridized carbons (Fsp3) is 0.138. The molecule has 0 saturated heterocycles. The molecule has 6 nitrogen and oxygen atoms in total. The largest absolute Gasteiger partial charge is 0.506 e. The molecule has 5 rings (SSSR count). The number of carboxylic acid groups (broad SMARTS) is 1. The van der Waals surface area contributed by atoms with Crippen LogP contribution in [0.25, 0.3) is 10.9 Å². The lowest BCUT2D eigenvalue weighted by atomic mass is 9.77. The lowest BCUT2D eigenvalue weighted by Gasteiger charge is -2.37. The first-order chi connectivity index (χ1) is 18.2. The van der Waals surface area contributed by atoms with Gasteiger partial charge in [0.15, 0.2) is 0 Å². The van der Waals surface area contributed by atoms with E-state index in [4.69, 9.17) is 21.4 Å². The lowest BCUT2D eigenvalue weighted by Crippen LogP contribution is -2.38. The number of nitrogens with zero attached hydrogens (tertiary/aromatic N) is 3. The number of hydrogen-bond acceptors (Lipinski definition) is 4. The van der Waals surface area contributed by atoms with Gasteiger partial charge in [-0.1, -0.05) is 103 Å². The van der Waals surface area contributed by atoms with E-state index in [-0.39, 0.29) is 21.7 Å². The number of rotatable bonds is 7. The van der Waals surface area contributed by atoms with E-state index < -0.39 is 29.9 Å². The van der Waals surface area contributed by atoms with Crippen molar-refractivity contribution in [1.82, 2.24) is 14.8 Å². The predicted octanol–water partition coefficient (Wildman–Crippen LogP) is 7.23. The van der Waals surface area contributed by atoms with E-state index in [0.717, 1.165) is 23.6 Å². The standard InChI is InChI=1S/C29H22ClF2N3O3/c1-28(31,32)26-25-22(18-38-27(36)37)33-24(30)17-23(25)35(34-26)29(19-11-5-2-6-12-19,20-13-7-3-8-14-20)21-15-9-4-10-16-21/h2-17H,18H2,1H3,(H,36,37). The Bertz CT molecular complexity index is 1490. The van der Waals surface area contributed by atoms with Crippen LogP contribution in [-0.4, -0.2) is 26.0 Å². The maximum absolute atomic E-state index is 15.2. The second-order valence-electron chi connectivity index (χ2n) is 8.80. The molecule has 192 valence electrons. The molecular weight excluding hydrogens is 512 g/mol. The fourth-order valence-corrected chi connectivity index (χ4v) is 5.09. The zero-order valence-electron chi connectivity index (χ0n) is 20.2. The van der Waals surface area contributed by atoms with Gasteiger partial charge in [0.2, 0.25) is 0 Å². The number of benzene rings is 3. The number of halogens is 3. The van der Waals surface area contributed by atoms with Crippen molar-refractivity contribution >= 4 is 28.7 Å². The van der Waals surface area contributed by atoms with E-state index in [1.165, 1.54) is 10.7 Å². The second-order valence-corrected chi connectivity index (χ2v) is 9.18. The molecule has 0 atom stereocenters. The van der Waals surface area contributed by atoms with E-state index in [0.29, 0.717) is 0 Å². The highest BCUT2D eigenvalue weighted by Gasteiger charge is 2.43. The molecule has 0 aliphatic heterocycles. The minimum Gasteiger partial charge on any atom is -0.450 e. The molecule has 5 aromatic rings. The van der Waals surface area contributed by atoms with Crippen LogP contribution in [0.1, 0.15) is 35.0 Å². The summed E-state index contributed by atoms with van der Waals surface area (Å²) in [6.07, 6.45) is -1.57. The van der Waals surface area contributed by atoms with Crippen molar-refractivity contribution in [2.24, 2.45) is 0 Å². The van der Waals surface area contributed by atoms with E-state index in [1.807, 2.05) is 91.0 Å². The van der Waals surface area contributed by atoms with Gasteiger partial charge in [0, 0.05) is 13.0 Å². The Morgan fingerprint density at radius 2 is 1.39 bits per heavy atom. The molecule has 3 aromatic carbocycles. The van der Waals surface area contributed by atoms with Crippen LogP contribution in [0, 0.1) is 0 Å². The smallest absolute Gasteiger partial charge is 0.450 e. The van der Waals surface area contributed by atoms with Gasteiger partial charge in [0.25, 0.3) is 5.92 Å². The molecule has 0 amide bonds. The summed E-state index contributed by atoms with van der Waals surface area (Å²) >= 11 is 6.38. The molecule has 0 bridgehead atoms. The summed E-state index contributed by atoms with van der Waals surface area (Å²) in [6.45, 7) is 0.168. The maximum atomic E-state index is 15.2. The van der Waals surface area contributed by atoms with Gasteiger partial charge in [-0.3, -0.25) is 0 Å². The normalized spacial score (nSPS) is 12.0. The molecule has 1 N–H and O–H groups in total. The zero-order valence-corrected chi connectivity index (χ0v) is 20.9. The summed E-state index contributed by atoms with van der Waals surface area (Å²) in [4.78, 5) is 15.3. The Hall–Kier alpha value is -4.30. The highest BCUT2D eigenvalue weighted by Crippen LogP contribution is 2.45. The van der Waals surface area contributed by atoms with Crippen LogP contribution in [0.3, 0.4) is 0 Å². The minimum atomic E-state index is -3.40. The highest BCUT2D eigenvalue weighted by atomic mass is 35.5. The average molecular weight is 534 g/mol. The van der Waals surface area contributed by atoms with Gasteiger partial charge in [-0.25, -0.2) is 14.5 Å². The van der Waals surface area contributed by atoms with Crippen LogP contribution in [0.15, 0.2) is 97.1 Å². The van der Waals surface area contributed by atoms with E-state index >= 15 is 8.78 Å². The Morgan fingerprint density at radius 3 is 1.82 bits per heavy atom. The molecule has 2 aromatic heterocycles. The molecule has 0 aliphatic rings. The van der Waals surface area contributed by atoms with Crippen LogP contribution < -0.4 is 0 Å². The number of alkyl halides is 2. The van der Waals surface area contributed by atoms with Crippen molar-refractivity contribution in [3.63, 3.8) is 0 Å². The summed E-state index contributed by atoms with van der Waals surface area (Å²) in [7, 11) is 0. The van der Waals surface area contributed by atoms with Gasteiger partial charge in [0.1, 0.15) is 23.0 Å². The zero-order chi connectivity index (χ0) is 26.9. The molecule has 0 unspecified atom stereocenters. The van der Waals surface area contributed by atoms with Crippen molar-refractivity contribution in [1.29, 1.82) is 0 Å². The summed E-state index contributed by atoms with van der Waals surface area (Å²) in [6, 6.07) is 29.8. The number of fused-ring (bicyclic) bond motifs is 1. The maximum Gasteiger partial charge on any atom is 0.506 e. The number of pyridine rings is 1. The van der Waals surface area contributed by atoms with Gasteiger partial charge >= 0.3 is 6.16 Å². The average Bonchev–Trinajstić information content (AvgIpc) is 3.30. The van der Waals surface area contributed by atoms with Crippen molar-refractivity contribution < 1.29 is 23.4 Å². The third-order valence-electron chi connectivity index (χ3n) is 6.35. The van der Waals surface area contributed by atoms with Crippen LogP contribution in [-0.2, 0) is 22.8 Å². The predicted molar refractivity (Wildman–Crippen MR) is 140 cm³/mol. The van der Waals surface area contributed by atoms with Gasteiger partial charge in [0.05, 0.1) is 16.6 Å². The van der Waals surface area contributed by atoms with Crippen LogP contribution in [0.2, 0.25) is 5.15 Å². The summed E-state index contributed by atoms with van der Waals surface area (Å²) < 4.78 is 36.6. The van der Waals surface area contributed by atoms with Crippen LogP contribution >= 0.6 is 11.6 Å². The highest BCUT2D eigenvalue weighted by molar-refractivity contribution is 6.30. The van der Waals surface area contributed by atoms with E-state index in [2.05, 4.69) is 10.1 Å². The van der Waals surface area contributed by atoms with E-state index in [9.17, 15) is 4.79 Å². The van der Waals surface area contributed by atoms with Crippen molar-refractivity contribution in [2.45, 2.75) is 25.0 Å². The molecule has 9 heteroatoms. The van der Waals surface area contributed by atoms with Crippen molar-refractivity contribution in [3.05, 3.63) is 130 Å². The van der Waals surface area contributed by atoms with Crippen LogP contribution in [0.4, 0.5) is 13.6 Å². The summed E-state index contributed by atoms with van der Waals surface area (Å²) in [5.41, 5.74) is 0.731. The minimum absolute atomic E-state index is 0.0170. The molecule has 0 saturated carbocycles. The molecule has 0 radical (unpaired) electrons. The molecular formula is C29H22ClF2N3O3. The Labute approximate surface area is 222 Å². The van der Waals surface area contributed by atoms with Crippen molar-refractivity contribution in [2.75, 3.05) is 0 Å². The molecule has 0 aliphatic carbocycles. The molecule has 2 heterocycles. The van der Waals surface area contributed by atoms with Crippen LogP contribution in [0.5, 0.6) is 0 Å². The molecule has 38 heavy (non-hydrogen) atoms.